The van der Waals surface area contributed by atoms with E-state index in [0.29, 0.717) is 5.56 Å². The summed E-state index contributed by atoms with van der Waals surface area (Å²) in [6.07, 6.45) is 0. The van der Waals surface area contributed by atoms with Crippen molar-refractivity contribution >= 4 is 11.3 Å². The van der Waals surface area contributed by atoms with Crippen molar-refractivity contribution in [3.05, 3.63) is 51.7 Å². The van der Waals surface area contributed by atoms with E-state index in [0.717, 1.165) is 31.7 Å². The van der Waals surface area contributed by atoms with E-state index in [1.165, 1.54) is 4.88 Å². The highest BCUT2D eigenvalue weighted by molar-refractivity contribution is 7.10. The van der Waals surface area contributed by atoms with Gasteiger partial charge in [-0.1, -0.05) is 6.07 Å². The first-order valence-electron chi connectivity index (χ1n) is 7.01. The van der Waals surface area contributed by atoms with Crippen molar-refractivity contribution in [2.75, 3.05) is 26.2 Å². The van der Waals surface area contributed by atoms with Crippen LogP contribution >= 0.6 is 11.3 Å². The second-order valence-corrected chi connectivity index (χ2v) is 6.07. The Bertz CT molecular complexity index is 642. The standard InChI is InChI=1S/C16H17N3OS/c17-11-12-3-4-14(20)13(10-12)16(15-2-1-9-21-15)19-7-5-18-6-8-19/h1-4,9-10,16,18,20H,5-8H2/t16-/m1/s1. The molecule has 21 heavy (non-hydrogen) atoms. The molecular formula is C16H17N3OS. The van der Waals surface area contributed by atoms with Crippen molar-refractivity contribution in [1.82, 2.24) is 10.2 Å². The van der Waals surface area contributed by atoms with Gasteiger partial charge in [0.15, 0.2) is 0 Å². The summed E-state index contributed by atoms with van der Waals surface area (Å²) in [7, 11) is 0. The smallest absolute Gasteiger partial charge is 0.120 e. The van der Waals surface area contributed by atoms with Gasteiger partial charge in [-0.3, -0.25) is 4.90 Å². The number of hydrogen-bond acceptors (Lipinski definition) is 5. The Balaban J connectivity index is 2.05. The minimum atomic E-state index is 0.0143. The van der Waals surface area contributed by atoms with Gasteiger partial charge in [-0.15, -0.1) is 11.3 Å². The van der Waals surface area contributed by atoms with Crippen molar-refractivity contribution in [2.45, 2.75) is 6.04 Å². The Morgan fingerprint density at radius 2 is 2.10 bits per heavy atom. The molecule has 0 radical (unpaired) electrons. The number of hydrogen-bond donors (Lipinski definition) is 2. The molecule has 2 N–H and O–H groups in total. The molecule has 0 unspecified atom stereocenters. The summed E-state index contributed by atoms with van der Waals surface area (Å²) in [5, 5.41) is 24.8. The molecule has 108 valence electrons. The number of nitrogens with one attached hydrogen (secondary N) is 1. The lowest BCUT2D eigenvalue weighted by atomic mass is 9.99. The van der Waals surface area contributed by atoms with Crippen LogP contribution in [0.2, 0.25) is 0 Å². The monoisotopic (exact) mass is 299 g/mol. The molecule has 1 aromatic heterocycles. The third kappa shape index (κ3) is 2.93. The van der Waals surface area contributed by atoms with Crippen LogP contribution in [0.1, 0.15) is 22.0 Å². The predicted molar refractivity (Wildman–Crippen MR) is 83.4 cm³/mol. The molecule has 2 heterocycles. The van der Waals surface area contributed by atoms with Gasteiger partial charge in [0.1, 0.15) is 5.75 Å². The van der Waals surface area contributed by atoms with E-state index < -0.39 is 0 Å². The largest absolute Gasteiger partial charge is 0.508 e. The summed E-state index contributed by atoms with van der Waals surface area (Å²) in [6.45, 7) is 3.75. The molecule has 0 saturated carbocycles. The third-order valence-electron chi connectivity index (χ3n) is 3.78. The highest BCUT2D eigenvalue weighted by Gasteiger charge is 2.27. The number of piperazine rings is 1. The number of phenols is 1. The highest BCUT2D eigenvalue weighted by Crippen LogP contribution is 2.36. The molecule has 1 aliphatic rings. The Morgan fingerprint density at radius 3 is 2.76 bits per heavy atom. The molecule has 1 aromatic carbocycles. The lowest BCUT2D eigenvalue weighted by Gasteiger charge is -2.35. The van der Waals surface area contributed by atoms with Crippen LogP contribution in [-0.4, -0.2) is 36.2 Å². The van der Waals surface area contributed by atoms with E-state index in [4.69, 9.17) is 5.26 Å². The first-order valence-corrected chi connectivity index (χ1v) is 7.89. The molecule has 0 bridgehead atoms. The first kappa shape index (κ1) is 14.1. The van der Waals surface area contributed by atoms with Gasteiger partial charge in [0.05, 0.1) is 17.7 Å². The number of rotatable bonds is 3. The van der Waals surface area contributed by atoms with Gasteiger partial charge in [0.2, 0.25) is 0 Å². The fourth-order valence-corrected chi connectivity index (χ4v) is 3.64. The van der Waals surface area contributed by atoms with Gasteiger partial charge in [-0.25, -0.2) is 0 Å². The van der Waals surface area contributed by atoms with Crippen molar-refractivity contribution in [2.24, 2.45) is 0 Å². The van der Waals surface area contributed by atoms with E-state index in [2.05, 4.69) is 27.7 Å². The summed E-state index contributed by atoms with van der Waals surface area (Å²) < 4.78 is 0. The molecule has 0 aliphatic carbocycles. The average molecular weight is 299 g/mol. The van der Waals surface area contributed by atoms with Crippen LogP contribution in [0.15, 0.2) is 35.7 Å². The van der Waals surface area contributed by atoms with Gasteiger partial charge in [0.25, 0.3) is 0 Å². The number of phenolic OH excluding ortho intramolecular Hbond substituents is 1. The molecule has 3 rings (SSSR count). The van der Waals surface area contributed by atoms with Crippen LogP contribution in [0.25, 0.3) is 0 Å². The highest BCUT2D eigenvalue weighted by atomic mass is 32.1. The zero-order valence-electron chi connectivity index (χ0n) is 11.6. The van der Waals surface area contributed by atoms with Crippen LogP contribution < -0.4 is 5.32 Å². The van der Waals surface area contributed by atoms with Crippen molar-refractivity contribution < 1.29 is 5.11 Å². The summed E-state index contributed by atoms with van der Waals surface area (Å²) in [5.41, 5.74) is 1.40. The molecule has 1 atom stereocenters. The molecular weight excluding hydrogens is 282 g/mol. The molecule has 0 spiro atoms. The first-order chi connectivity index (χ1) is 10.3. The SMILES string of the molecule is N#Cc1ccc(O)c([C@H](c2cccs2)N2CCNCC2)c1. The molecule has 1 saturated heterocycles. The van der Waals surface area contributed by atoms with Crippen LogP contribution in [0.5, 0.6) is 5.75 Å². The lowest BCUT2D eigenvalue weighted by Crippen LogP contribution is -2.45. The topological polar surface area (TPSA) is 59.3 Å². The second kappa shape index (κ2) is 6.27. The number of benzene rings is 1. The van der Waals surface area contributed by atoms with Gasteiger partial charge in [-0.05, 0) is 29.6 Å². The molecule has 1 fully saturated rings. The Kier molecular flexibility index (Phi) is 4.20. The van der Waals surface area contributed by atoms with Crippen LogP contribution in [0.4, 0.5) is 0 Å². The van der Waals surface area contributed by atoms with Crippen molar-refractivity contribution in [1.29, 1.82) is 5.26 Å². The summed E-state index contributed by atoms with van der Waals surface area (Å²) in [4.78, 5) is 3.56. The Labute approximate surface area is 128 Å². The minimum absolute atomic E-state index is 0.0143. The molecule has 4 nitrogen and oxygen atoms in total. The van der Waals surface area contributed by atoms with Gasteiger partial charge < -0.3 is 10.4 Å². The zero-order valence-corrected chi connectivity index (χ0v) is 12.4. The average Bonchev–Trinajstić information content (AvgIpc) is 3.04. The normalized spacial score (nSPS) is 17.3. The summed E-state index contributed by atoms with van der Waals surface area (Å²) >= 11 is 1.69. The van der Waals surface area contributed by atoms with E-state index >= 15 is 0 Å². The number of thiophene rings is 1. The van der Waals surface area contributed by atoms with Crippen LogP contribution in [0.3, 0.4) is 0 Å². The van der Waals surface area contributed by atoms with E-state index in [-0.39, 0.29) is 11.8 Å². The maximum Gasteiger partial charge on any atom is 0.120 e. The van der Waals surface area contributed by atoms with Crippen LogP contribution in [-0.2, 0) is 0 Å². The van der Waals surface area contributed by atoms with Crippen molar-refractivity contribution in [3.63, 3.8) is 0 Å². The number of aromatic hydroxyl groups is 1. The number of nitriles is 1. The van der Waals surface area contributed by atoms with Gasteiger partial charge in [-0.2, -0.15) is 5.26 Å². The summed E-state index contributed by atoms with van der Waals surface area (Å²) in [5.74, 6) is 0.255. The maximum atomic E-state index is 10.3. The quantitative estimate of drug-likeness (QED) is 0.913. The molecule has 0 amide bonds. The van der Waals surface area contributed by atoms with Gasteiger partial charge >= 0.3 is 0 Å². The maximum absolute atomic E-state index is 10.3. The molecule has 2 aromatic rings. The van der Waals surface area contributed by atoms with Crippen molar-refractivity contribution in [3.8, 4) is 11.8 Å². The molecule has 1 aliphatic heterocycles. The number of nitrogens with zero attached hydrogens (tertiary/aromatic N) is 2. The fraction of sp³-hybridized carbons (Fsp3) is 0.312. The lowest BCUT2D eigenvalue weighted by molar-refractivity contribution is 0.198. The van der Waals surface area contributed by atoms with E-state index in [1.807, 2.05) is 12.1 Å². The zero-order chi connectivity index (χ0) is 14.7. The second-order valence-electron chi connectivity index (χ2n) is 5.09. The fourth-order valence-electron chi connectivity index (χ4n) is 2.76. The van der Waals surface area contributed by atoms with Gasteiger partial charge in [0, 0.05) is 36.6 Å². The van der Waals surface area contributed by atoms with E-state index in [1.54, 1.807) is 23.5 Å². The van der Waals surface area contributed by atoms with Crippen LogP contribution in [0, 0.1) is 11.3 Å². The Hall–Kier alpha value is -1.87. The summed E-state index contributed by atoms with van der Waals surface area (Å²) in [6, 6.07) is 11.4. The van der Waals surface area contributed by atoms with E-state index in [9.17, 15) is 5.11 Å². The Morgan fingerprint density at radius 1 is 1.29 bits per heavy atom. The predicted octanol–water partition coefficient (Wildman–Crippen LogP) is 2.32. The molecule has 5 heteroatoms. The minimum Gasteiger partial charge on any atom is -0.508 e. The third-order valence-corrected chi connectivity index (χ3v) is 4.71.